The molecule has 7 nitrogen and oxygen atoms in total. The first kappa shape index (κ1) is 14.2. The lowest BCUT2D eigenvalue weighted by Gasteiger charge is -2.29. The van der Waals surface area contributed by atoms with Gasteiger partial charge in [0.1, 0.15) is 5.01 Å². The van der Waals surface area contributed by atoms with E-state index in [1.54, 1.807) is 0 Å². The van der Waals surface area contributed by atoms with Crippen LogP contribution in [0, 0.1) is 6.92 Å². The number of carbonyl (C=O) groups excluding carboxylic acids is 1. The van der Waals surface area contributed by atoms with Gasteiger partial charge >= 0.3 is 6.03 Å². The molecule has 0 unspecified atom stereocenters. The van der Waals surface area contributed by atoms with E-state index in [-0.39, 0.29) is 12.1 Å². The Bertz CT molecular complexity index is 419. The standard InChI is InChI=1S/C11H19N5O2S/c1-8(7-16-3-5-18-6-4-16)12-10(17)13-11-15-14-9(2)19-11/h8H,3-7H2,1-2H3,(H2,12,13,15,17)/t8-/m1/s1. The minimum atomic E-state index is -0.239. The number of hydrogen-bond donors (Lipinski definition) is 2. The molecule has 2 N–H and O–H groups in total. The second-order valence-electron chi connectivity index (χ2n) is 4.54. The highest BCUT2D eigenvalue weighted by atomic mass is 32.1. The van der Waals surface area contributed by atoms with E-state index in [0.717, 1.165) is 37.9 Å². The molecule has 1 fully saturated rings. The molecule has 1 aromatic rings. The lowest BCUT2D eigenvalue weighted by atomic mass is 10.3. The van der Waals surface area contributed by atoms with E-state index in [0.29, 0.717) is 5.13 Å². The lowest BCUT2D eigenvalue weighted by Crippen LogP contribution is -2.47. The Kier molecular flexibility index (Phi) is 5.06. The van der Waals surface area contributed by atoms with Gasteiger partial charge in [-0.1, -0.05) is 11.3 Å². The van der Waals surface area contributed by atoms with Crippen LogP contribution in [0.2, 0.25) is 0 Å². The van der Waals surface area contributed by atoms with Crippen LogP contribution in [0.1, 0.15) is 11.9 Å². The van der Waals surface area contributed by atoms with Crippen LogP contribution in [0.15, 0.2) is 0 Å². The summed E-state index contributed by atoms with van der Waals surface area (Å²) in [5.41, 5.74) is 0. The van der Waals surface area contributed by atoms with Crippen molar-refractivity contribution >= 4 is 22.5 Å². The minimum absolute atomic E-state index is 0.0760. The highest BCUT2D eigenvalue weighted by Crippen LogP contribution is 2.13. The molecule has 1 aliphatic rings. The minimum Gasteiger partial charge on any atom is -0.379 e. The summed E-state index contributed by atoms with van der Waals surface area (Å²) in [6.45, 7) is 8.03. The van der Waals surface area contributed by atoms with Crippen molar-refractivity contribution in [3.05, 3.63) is 5.01 Å². The monoisotopic (exact) mass is 285 g/mol. The van der Waals surface area contributed by atoms with Gasteiger partial charge in [0.25, 0.3) is 0 Å². The Balaban J connectivity index is 1.71. The Morgan fingerprint density at radius 1 is 1.47 bits per heavy atom. The second kappa shape index (κ2) is 6.78. The lowest BCUT2D eigenvalue weighted by molar-refractivity contribution is 0.0350. The summed E-state index contributed by atoms with van der Waals surface area (Å²) in [4.78, 5) is 14.0. The van der Waals surface area contributed by atoms with E-state index in [1.807, 2.05) is 13.8 Å². The maximum atomic E-state index is 11.7. The van der Waals surface area contributed by atoms with Crippen molar-refractivity contribution in [1.82, 2.24) is 20.4 Å². The third-order valence-corrected chi connectivity index (χ3v) is 3.51. The van der Waals surface area contributed by atoms with Gasteiger partial charge in [-0.15, -0.1) is 10.2 Å². The van der Waals surface area contributed by atoms with Crippen molar-refractivity contribution < 1.29 is 9.53 Å². The number of amides is 2. The van der Waals surface area contributed by atoms with Crippen molar-refractivity contribution in [2.75, 3.05) is 38.2 Å². The zero-order chi connectivity index (χ0) is 13.7. The smallest absolute Gasteiger partial charge is 0.321 e. The third-order valence-electron chi connectivity index (χ3n) is 2.76. The molecule has 1 aromatic heterocycles. The number of aromatic nitrogens is 2. The van der Waals surface area contributed by atoms with Gasteiger partial charge in [-0.25, -0.2) is 4.79 Å². The maximum Gasteiger partial charge on any atom is 0.321 e. The molecule has 1 atom stereocenters. The van der Waals surface area contributed by atoms with E-state index < -0.39 is 0 Å². The van der Waals surface area contributed by atoms with Gasteiger partial charge in [0.05, 0.1) is 13.2 Å². The van der Waals surface area contributed by atoms with Gasteiger partial charge in [0, 0.05) is 25.7 Å². The summed E-state index contributed by atoms with van der Waals surface area (Å²) in [5, 5.41) is 14.6. The Labute approximate surface area is 116 Å². The van der Waals surface area contributed by atoms with Crippen molar-refractivity contribution in [3.63, 3.8) is 0 Å². The summed E-state index contributed by atoms with van der Waals surface area (Å²) >= 11 is 1.36. The molecule has 8 heteroatoms. The molecule has 106 valence electrons. The van der Waals surface area contributed by atoms with Crippen LogP contribution in [0.4, 0.5) is 9.93 Å². The van der Waals surface area contributed by atoms with Gasteiger partial charge in [-0.2, -0.15) is 0 Å². The molecular formula is C11H19N5O2S. The first-order valence-corrected chi connectivity index (χ1v) is 7.13. The Morgan fingerprint density at radius 2 is 2.21 bits per heavy atom. The van der Waals surface area contributed by atoms with Crippen molar-refractivity contribution in [3.8, 4) is 0 Å². The molecule has 0 spiro atoms. The number of nitrogens with one attached hydrogen (secondary N) is 2. The van der Waals surface area contributed by atoms with Crippen molar-refractivity contribution in [2.24, 2.45) is 0 Å². The van der Waals surface area contributed by atoms with Gasteiger partial charge in [0.2, 0.25) is 5.13 Å². The molecular weight excluding hydrogens is 266 g/mol. The van der Waals surface area contributed by atoms with Crippen LogP contribution in [0.25, 0.3) is 0 Å². The van der Waals surface area contributed by atoms with Crippen LogP contribution in [0.3, 0.4) is 0 Å². The molecule has 0 radical (unpaired) electrons. The average molecular weight is 285 g/mol. The molecule has 2 amide bonds. The highest BCUT2D eigenvalue weighted by Gasteiger charge is 2.15. The SMILES string of the molecule is Cc1nnc(NC(=O)N[C@H](C)CN2CCOCC2)s1. The van der Waals surface area contributed by atoms with Crippen LogP contribution in [-0.2, 0) is 4.74 Å². The predicted octanol–water partition coefficient (Wildman–Crippen LogP) is 0.689. The number of hydrogen-bond acceptors (Lipinski definition) is 6. The molecule has 1 aliphatic heterocycles. The average Bonchev–Trinajstić information content (AvgIpc) is 2.75. The van der Waals surface area contributed by atoms with Gasteiger partial charge in [-0.05, 0) is 13.8 Å². The number of anilines is 1. The predicted molar refractivity (Wildman–Crippen MR) is 73.5 cm³/mol. The number of aryl methyl sites for hydroxylation is 1. The van der Waals surface area contributed by atoms with E-state index >= 15 is 0 Å². The molecule has 2 rings (SSSR count). The number of carbonyl (C=O) groups is 1. The molecule has 0 saturated carbocycles. The molecule has 2 heterocycles. The third kappa shape index (κ3) is 4.73. The number of morpholine rings is 1. The summed E-state index contributed by atoms with van der Waals surface area (Å²) in [6.07, 6.45) is 0. The van der Waals surface area contributed by atoms with Crippen LogP contribution >= 0.6 is 11.3 Å². The number of nitrogens with zero attached hydrogens (tertiary/aromatic N) is 3. The number of urea groups is 1. The summed E-state index contributed by atoms with van der Waals surface area (Å²) < 4.78 is 5.29. The molecule has 1 saturated heterocycles. The second-order valence-corrected chi connectivity index (χ2v) is 5.72. The maximum absolute atomic E-state index is 11.7. The van der Waals surface area contributed by atoms with Crippen molar-refractivity contribution in [1.29, 1.82) is 0 Å². The van der Waals surface area contributed by atoms with Gasteiger partial charge in [-0.3, -0.25) is 10.2 Å². The largest absolute Gasteiger partial charge is 0.379 e. The first-order chi connectivity index (χ1) is 9.13. The fraction of sp³-hybridized carbons (Fsp3) is 0.727. The fourth-order valence-electron chi connectivity index (χ4n) is 1.92. The topological polar surface area (TPSA) is 79.4 Å². The zero-order valence-corrected chi connectivity index (χ0v) is 12.0. The number of rotatable bonds is 4. The quantitative estimate of drug-likeness (QED) is 0.851. The number of ether oxygens (including phenoxy) is 1. The Hall–Kier alpha value is -1.25. The highest BCUT2D eigenvalue weighted by molar-refractivity contribution is 7.15. The molecule has 0 aliphatic carbocycles. The van der Waals surface area contributed by atoms with E-state index in [2.05, 4.69) is 25.7 Å². The Morgan fingerprint density at radius 3 is 2.84 bits per heavy atom. The molecule has 0 aromatic carbocycles. The van der Waals surface area contributed by atoms with Crippen LogP contribution in [-0.4, -0.2) is 60.0 Å². The van der Waals surface area contributed by atoms with E-state index in [1.165, 1.54) is 11.3 Å². The zero-order valence-electron chi connectivity index (χ0n) is 11.2. The summed E-state index contributed by atoms with van der Waals surface area (Å²) in [5.74, 6) is 0. The van der Waals surface area contributed by atoms with Crippen LogP contribution in [0.5, 0.6) is 0 Å². The summed E-state index contributed by atoms with van der Waals surface area (Å²) in [6, 6.07) is -0.163. The molecule has 19 heavy (non-hydrogen) atoms. The van der Waals surface area contributed by atoms with E-state index in [4.69, 9.17) is 4.74 Å². The fourth-order valence-corrected chi connectivity index (χ4v) is 2.51. The molecule has 0 bridgehead atoms. The normalized spacial score (nSPS) is 18.0. The van der Waals surface area contributed by atoms with Gasteiger partial charge in [0.15, 0.2) is 0 Å². The first-order valence-electron chi connectivity index (χ1n) is 6.31. The van der Waals surface area contributed by atoms with Crippen LogP contribution < -0.4 is 10.6 Å². The van der Waals surface area contributed by atoms with Gasteiger partial charge < -0.3 is 10.1 Å². The van der Waals surface area contributed by atoms with Crippen molar-refractivity contribution in [2.45, 2.75) is 19.9 Å². The summed E-state index contributed by atoms with van der Waals surface area (Å²) in [7, 11) is 0. The van der Waals surface area contributed by atoms with E-state index in [9.17, 15) is 4.79 Å².